The molecule has 6 nitrogen and oxygen atoms in total. The van der Waals surface area contributed by atoms with Crippen molar-refractivity contribution in [2.45, 2.75) is 43.9 Å². The molecule has 4 aromatic rings. The van der Waals surface area contributed by atoms with Crippen molar-refractivity contribution in [2.24, 2.45) is 0 Å². The summed E-state index contributed by atoms with van der Waals surface area (Å²) in [5.41, 5.74) is 12.8. The van der Waals surface area contributed by atoms with Crippen molar-refractivity contribution in [3.05, 3.63) is 76.9 Å². The Morgan fingerprint density at radius 2 is 2.00 bits per heavy atom. The van der Waals surface area contributed by atoms with Crippen LogP contribution in [0.4, 0.5) is 5.82 Å². The van der Waals surface area contributed by atoms with Crippen LogP contribution in [0, 0.1) is 0 Å². The number of ether oxygens (including phenoxy) is 1. The lowest BCUT2D eigenvalue weighted by Crippen LogP contribution is -2.06. The van der Waals surface area contributed by atoms with Crippen molar-refractivity contribution in [1.82, 2.24) is 20.4 Å². The van der Waals surface area contributed by atoms with Gasteiger partial charge in [0.05, 0.1) is 7.11 Å². The van der Waals surface area contributed by atoms with Gasteiger partial charge < -0.3 is 10.5 Å². The highest BCUT2D eigenvalue weighted by Gasteiger charge is 2.24. The third-order valence-corrected chi connectivity index (χ3v) is 6.52. The number of aromatic amines is 1. The van der Waals surface area contributed by atoms with Crippen LogP contribution in [0.1, 0.15) is 59.8 Å². The lowest BCUT2D eigenvalue weighted by molar-refractivity contribution is 0.414. The molecule has 2 aromatic carbocycles. The maximum atomic E-state index is 6.10. The Hall–Kier alpha value is -3.41. The second kappa shape index (κ2) is 8.38. The SMILES string of the molecule is COc1ccc2c(c1)CC[C@H]2CCCC(c1ccccc1)c1cc(N)nc2n[nH]nc12. The standard InChI is InChI=1S/C25H27N5O/c1-31-19-12-13-20-17(10-11-18(20)14-19)8-5-9-21(16-6-3-2-4-7-16)22-15-23(26)27-25-24(22)28-30-29-25/h2-4,6-7,12-15,17,21H,5,8-11H2,1H3,(H3,26,27,28,29,30)/t17-,21?/m1/s1. The van der Waals surface area contributed by atoms with Crippen LogP contribution in [-0.4, -0.2) is 27.5 Å². The number of fused-ring (bicyclic) bond motifs is 2. The van der Waals surface area contributed by atoms with Crippen molar-refractivity contribution in [3.8, 4) is 5.75 Å². The fraction of sp³-hybridized carbons (Fsp3) is 0.320. The van der Waals surface area contributed by atoms with Crippen LogP contribution < -0.4 is 10.5 Å². The van der Waals surface area contributed by atoms with Gasteiger partial charge in [-0.15, -0.1) is 5.10 Å². The number of benzene rings is 2. The molecule has 2 aromatic heterocycles. The minimum atomic E-state index is 0.204. The smallest absolute Gasteiger partial charge is 0.203 e. The first-order valence-electron chi connectivity index (χ1n) is 10.9. The Morgan fingerprint density at radius 3 is 2.84 bits per heavy atom. The van der Waals surface area contributed by atoms with E-state index in [1.807, 2.05) is 6.07 Å². The molecule has 0 saturated heterocycles. The van der Waals surface area contributed by atoms with E-state index in [-0.39, 0.29) is 5.92 Å². The average molecular weight is 414 g/mol. The fourth-order valence-corrected chi connectivity index (χ4v) is 5.01. The minimum Gasteiger partial charge on any atom is -0.497 e. The highest BCUT2D eigenvalue weighted by molar-refractivity contribution is 5.77. The number of H-pyrrole nitrogens is 1. The summed E-state index contributed by atoms with van der Waals surface area (Å²) in [6, 6.07) is 19.1. The first-order valence-corrected chi connectivity index (χ1v) is 10.9. The largest absolute Gasteiger partial charge is 0.497 e. The Labute approximate surface area is 181 Å². The molecule has 1 unspecified atom stereocenters. The normalized spacial score (nSPS) is 16.4. The summed E-state index contributed by atoms with van der Waals surface area (Å²) in [7, 11) is 1.73. The number of anilines is 1. The molecular formula is C25H27N5O. The van der Waals surface area contributed by atoms with Gasteiger partial charge in [0.2, 0.25) is 5.65 Å². The predicted molar refractivity (Wildman–Crippen MR) is 122 cm³/mol. The van der Waals surface area contributed by atoms with Gasteiger partial charge in [-0.25, -0.2) is 4.98 Å². The van der Waals surface area contributed by atoms with E-state index in [1.54, 1.807) is 7.11 Å². The highest BCUT2D eigenvalue weighted by Crippen LogP contribution is 2.40. The van der Waals surface area contributed by atoms with Crippen LogP contribution in [0.5, 0.6) is 5.75 Å². The topological polar surface area (TPSA) is 89.7 Å². The third-order valence-electron chi connectivity index (χ3n) is 6.52. The zero-order valence-corrected chi connectivity index (χ0v) is 17.7. The van der Waals surface area contributed by atoms with Crippen LogP contribution >= 0.6 is 0 Å². The first-order chi connectivity index (χ1) is 15.2. The Morgan fingerprint density at radius 1 is 1.13 bits per heavy atom. The molecule has 3 N–H and O–H groups in total. The molecule has 2 atom stereocenters. The molecule has 6 heteroatoms. The molecule has 0 radical (unpaired) electrons. The van der Waals surface area contributed by atoms with E-state index in [0.717, 1.165) is 36.1 Å². The quantitative estimate of drug-likeness (QED) is 0.446. The Balaban J connectivity index is 1.38. The van der Waals surface area contributed by atoms with Gasteiger partial charge in [-0.05, 0) is 72.1 Å². The van der Waals surface area contributed by atoms with Crippen LogP contribution in [0.25, 0.3) is 11.2 Å². The van der Waals surface area contributed by atoms with Crippen molar-refractivity contribution >= 4 is 17.0 Å². The molecule has 5 rings (SSSR count). The average Bonchev–Trinajstić information content (AvgIpc) is 3.43. The number of nitrogens with two attached hydrogens (primary N) is 1. The molecule has 0 amide bonds. The molecule has 0 fully saturated rings. The summed E-state index contributed by atoms with van der Waals surface area (Å²) >= 11 is 0. The molecule has 0 spiro atoms. The van der Waals surface area contributed by atoms with Crippen molar-refractivity contribution in [3.63, 3.8) is 0 Å². The van der Waals surface area contributed by atoms with Gasteiger partial charge in [0.15, 0.2) is 0 Å². The molecule has 0 saturated carbocycles. The molecule has 2 heterocycles. The van der Waals surface area contributed by atoms with Crippen LogP contribution in [0.15, 0.2) is 54.6 Å². The van der Waals surface area contributed by atoms with Crippen molar-refractivity contribution in [1.29, 1.82) is 0 Å². The molecule has 31 heavy (non-hydrogen) atoms. The first kappa shape index (κ1) is 19.5. The fourth-order valence-electron chi connectivity index (χ4n) is 5.01. The van der Waals surface area contributed by atoms with E-state index >= 15 is 0 Å². The van der Waals surface area contributed by atoms with E-state index in [4.69, 9.17) is 10.5 Å². The van der Waals surface area contributed by atoms with E-state index < -0.39 is 0 Å². The van der Waals surface area contributed by atoms with Crippen LogP contribution in [0.3, 0.4) is 0 Å². The van der Waals surface area contributed by atoms with Gasteiger partial charge in [-0.1, -0.05) is 42.8 Å². The number of aromatic nitrogens is 4. The highest BCUT2D eigenvalue weighted by atomic mass is 16.5. The lowest BCUT2D eigenvalue weighted by atomic mass is 9.85. The number of aryl methyl sites for hydroxylation is 1. The summed E-state index contributed by atoms with van der Waals surface area (Å²) in [5.74, 6) is 2.26. The predicted octanol–water partition coefficient (Wildman–Crippen LogP) is 4.98. The maximum absolute atomic E-state index is 6.10. The second-order valence-corrected chi connectivity index (χ2v) is 8.33. The molecule has 0 bridgehead atoms. The van der Waals surface area contributed by atoms with Crippen molar-refractivity contribution < 1.29 is 4.74 Å². The second-order valence-electron chi connectivity index (χ2n) is 8.33. The molecular weight excluding hydrogens is 386 g/mol. The number of hydrogen-bond acceptors (Lipinski definition) is 5. The summed E-state index contributed by atoms with van der Waals surface area (Å²) in [6.45, 7) is 0. The molecule has 0 aliphatic heterocycles. The number of pyridine rings is 1. The minimum absolute atomic E-state index is 0.204. The number of rotatable bonds is 7. The number of hydrogen-bond donors (Lipinski definition) is 2. The van der Waals surface area contributed by atoms with E-state index in [1.165, 1.54) is 29.5 Å². The summed E-state index contributed by atoms with van der Waals surface area (Å²) in [4.78, 5) is 4.32. The summed E-state index contributed by atoms with van der Waals surface area (Å²) in [6.07, 6.45) is 5.67. The van der Waals surface area contributed by atoms with E-state index in [0.29, 0.717) is 17.4 Å². The van der Waals surface area contributed by atoms with Gasteiger partial charge in [-0.2, -0.15) is 10.3 Å². The van der Waals surface area contributed by atoms with Crippen LogP contribution in [-0.2, 0) is 6.42 Å². The Bertz CT molecular complexity index is 1190. The zero-order valence-electron chi connectivity index (χ0n) is 17.7. The third kappa shape index (κ3) is 3.85. The van der Waals surface area contributed by atoms with Gasteiger partial charge in [0.25, 0.3) is 0 Å². The van der Waals surface area contributed by atoms with Gasteiger partial charge in [0, 0.05) is 5.92 Å². The molecule has 1 aliphatic rings. The van der Waals surface area contributed by atoms with Gasteiger partial charge >= 0.3 is 0 Å². The van der Waals surface area contributed by atoms with Gasteiger partial charge in [0.1, 0.15) is 17.1 Å². The number of nitrogen functional groups attached to an aromatic ring is 1. The Kier molecular flexibility index (Phi) is 5.28. The molecule has 1 aliphatic carbocycles. The van der Waals surface area contributed by atoms with E-state index in [2.05, 4.69) is 68.9 Å². The lowest BCUT2D eigenvalue weighted by Gasteiger charge is -2.20. The number of nitrogens with one attached hydrogen (secondary N) is 1. The van der Waals surface area contributed by atoms with Crippen LogP contribution in [0.2, 0.25) is 0 Å². The molecule has 158 valence electrons. The summed E-state index contributed by atoms with van der Waals surface area (Å²) < 4.78 is 5.39. The summed E-state index contributed by atoms with van der Waals surface area (Å²) in [5, 5.41) is 11.2. The zero-order chi connectivity index (χ0) is 21.2. The number of methoxy groups -OCH3 is 1. The van der Waals surface area contributed by atoms with Gasteiger partial charge in [-0.3, -0.25) is 0 Å². The monoisotopic (exact) mass is 413 g/mol. The van der Waals surface area contributed by atoms with Crippen molar-refractivity contribution in [2.75, 3.05) is 12.8 Å². The van der Waals surface area contributed by atoms with E-state index in [9.17, 15) is 0 Å². The number of nitrogens with zero attached hydrogens (tertiary/aromatic N) is 3. The maximum Gasteiger partial charge on any atom is 0.203 e.